The van der Waals surface area contributed by atoms with E-state index in [4.69, 9.17) is 15.2 Å². The standard InChI is InChI=1S/C16H21NO2/c1-16(2,17)12-18-9-10-19-15-8-7-13-5-3-4-6-14(13)11-15/h3-8,11H,9-10,12,17H2,1-2H3. The Hall–Kier alpha value is -1.58. The maximum Gasteiger partial charge on any atom is 0.120 e. The fraction of sp³-hybridized carbons (Fsp3) is 0.375. The number of ether oxygens (including phenoxy) is 2. The Balaban J connectivity index is 1.82. The first-order chi connectivity index (χ1) is 9.04. The molecule has 0 bridgehead atoms. The Morgan fingerprint density at radius 2 is 1.74 bits per heavy atom. The molecule has 102 valence electrons. The lowest BCUT2D eigenvalue weighted by Crippen LogP contribution is -2.37. The van der Waals surface area contributed by atoms with Crippen molar-refractivity contribution >= 4 is 10.8 Å². The van der Waals surface area contributed by atoms with E-state index in [1.807, 2.05) is 38.1 Å². The van der Waals surface area contributed by atoms with Gasteiger partial charge in [-0.05, 0) is 36.8 Å². The van der Waals surface area contributed by atoms with Gasteiger partial charge in [0.15, 0.2) is 0 Å². The molecule has 3 nitrogen and oxygen atoms in total. The largest absolute Gasteiger partial charge is 0.491 e. The summed E-state index contributed by atoms with van der Waals surface area (Å²) in [5.74, 6) is 0.870. The summed E-state index contributed by atoms with van der Waals surface area (Å²) in [6, 6.07) is 14.3. The van der Waals surface area contributed by atoms with E-state index in [1.54, 1.807) is 0 Å². The van der Waals surface area contributed by atoms with Crippen LogP contribution in [0.1, 0.15) is 13.8 Å². The molecule has 2 N–H and O–H groups in total. The molecule has 0 amide bonds. The van der Waals surface area contributed by atoms with Crippen LogP contribution in [0, 0.1) is 0 Å². The van der Waals surface area contributed by atoms with Gasteiger partial charge in [0.2, 0.25) is 0 Å². The summed E-state index contributed by atoms with van der Waals surface area (Å²) < 4.78 is 11.1. The zero-order valence-corrected chi connectivity index (χ0v) is 11.6. The Kier molecular flexibility index (Phi) is 4.40. The van der Waals surface area contributed by atoms with Crippen LogP contribution in [0.15, 0.2) is 42.5 Å². The van der Waals surface area contributed by atoms with Crippen LogP contribution >= 0.6 is 0 Å². The van der Waals surface area contributed by atoms with Gasteiger partial charge in [0.1, 0.15) is 12.4 Å². The Labute approximate surface area is 114 Å². The molecule has 0 heterocycles. The van der Waals surface area contributed by atoms with Crippen molar-refractivity contribution in [1.29, 1.82) is 0 Å². The smallest absolute Gasteiger partial charge is 0.120 e. The van der Waals surface area contributed by atoms with Crippen molar-refractivity contribution in [2.75, 3.05) is 19.8 Å². The predicted octanol–water partition coefficient (Wildman–Crippen LogP) is 2.97. The minimum atomic E-state index is -0.289. The van der Waals surface area contributed by atoms with E-state index in [2.05, 4.69) is 18.2 Å². The molecule has 0 aromatic heterocycles. The van der Waals surface area contributed by atoms with E-state index in [1.165, 1.54) is 10.8 Å². The summed E-state index contributed by atoms with van der Waals surface area (Å²) in [5, 5.41) is 2.40. The Morgan fingerprint density at radius 1 is 1.00 bits per heavy atom. The molecule has 2 aromatic rings. The molecule has 2 aromatic carbocycles. The maximum absolute atomic E-state index is 5.83. The summed E-state index contributed by atoms with van der Waals surface area (Å²) in [7, 11) is 0. The molecule has 0 saturated carbocycles. The van der Waals surface area contributed by atoms with Gasteiger partial charge in [-0.15, -0.1) is 0 Å². The van der Waals surface area contributed by atoms with Gasteiger partial charge in [0.25, 0.3) is 0 Å². The summed E-state index contributed by atoms with van der Waals surface area (Å²) in [6.07, 6.45) is 0. The molecule has 2 rings (SSSR count). The fourth-order valence-corrected chi connectivity index (χ4v) is 1.81. The highest BCUT2D eigenvalue weighted by atomic mass is 16.5. The Bertz CT molecular complexity index is 532. The van der Waals surface area contributed by atoms with E-state index < -0.39 is 0 Å². The first-order valence-electron chi connectivity index (χ1n) is 6.53. The lowest BCUT2D eigenvalue weighted by atomic mass is 10.1. The van der Waals surface area contributed by atoms with Crippen LogP contribution in [-0.2, 0) is 4.74 Å². The zero-order chi connectivity index (χ0) is 13.7. The van der Waals surface area contributed by atoms with Crippen molar-refractivity contribution in [1.82, 2.24) is 0 Å². The van der Waals surface area contributed by atoms with Gasteiger partial charge in [-0.3, -0.25) is 0 Å². The fourth-order valence-electron chi connectivity index (χ4n) is 1.81. The van der Waals surface area contributed by atoms with Crippen LogP contribution in [0.3, 0.4) is 0 Å². The van der Waals surface area contributed by atoms with Crippen molar-refractivity contribution in [3.05, 3.63) is 42.5 Å². The summed E-state index contributed by atoms with van der Waals surface area (Å²) >= 11 is 0. The number of hydrogen-bond donors (Lipinski definition) is 1. The zero-order valence-electron chi connectivity index (χ0n) is 11.6. The molecular formula is C16H21NO2. The van der Waals surface area contributed by atoms with Crippen LogP contribution in [0.25, 0.3) is 10.8 Å². The van der Waals surface area contributed by atoms with Crippen molar-refractivity contribution in [2.24, 2.45) is 5.73 Å². The molecular weight excluding hydrogens is 238 g/mol. The number of rotatable bonds is 6. The van der Waals surface area contributed by atoms with Gasteiger partial charge >= 0.3 is 0 Å². The van der Waals surface area contributed by atoms with Crippen LogP contribution in [0.5, 0.6) is 5.75 Å². The van der Waals surface area contributed by atoms with Crippen LogP contribution in [-0.4, -0.2) is 25.4 Å². The van der Waals surface area contributed by atoms with Crippen molar-refractivity contribution in [3.63, 3.8) is 0 Å². The normalized spacial score (nSPS) is 11.7. The van der Waals surface area contributed by atoms with Crippen molar-refractivity contribution in [3.8, 4) is 5.75 Å². The average Bonchev–Trinajstić information content (AvgIpc) is 2.37. The molecule has 0 aliphatic heterocycles. The van der Waals surface area contributed by atoms with Crippen molar-refractivity contribution < 1.29 is 9.47 Å². The highest BCUT2D eigenvalue weighted by Gasteiger charge is 2.09. The molecule has 0 aliphatic rings. The second kappa shape index (κ2) is 6.04. The highest BCUT2D eigenvalue weighted by molar-refractivity contribution is 5.83. The van der Waals surface area contributed by atoms with E-state index in [0.717, 1.165) is 5.75 Å². The quantitative estimate of drug-likeness (QED) is 0.811. The lowest BCUT2D eigenvalue weighted by molar-refractivity contribution is 0.0725. The van der Waals surface area contributed by atoms with Crippen molar-refractivity contribution in [2.45, 2.75) is 19.4 Å². The van der Waals surface area contributed by atoms with Gasteiger partial charge in [-0.25, -0.2) is 0 Å². The second-order valence-electron chi connectivity index (χ2n) is 5.40. The molecule has 3 heteroatoms. The summed E-state index contributed by atoms with van der Waals surface area (Å²) in [4.78, 5) is 0. The first-order valence-corrected chi connectivity index (χ1v) is 6.53. The molecule has 0 atom stereocenters. The van der Waals surface area contributed by atoms with Gasteiger partial charge in [-0.1, -0.05) is 30.3 Å². The first kappa shape index (κ1) is 13.8. The molecule has 0 fully saturated rings. The van der Waals surface area contributed by atoms with E-state index >= 15 is 0 Å². The van der Waals surface area contributed by atoms with E-state index in [0.29, 0.717) is 19.8 Å². The predicted molar refractivity (Wildman–Crippen MR) is 78.5 cm³/mol. The molecule has 0 radical (unpaired) electrons. The van der Waals surface area contributed by atoms with Crippen LogP contribution < -0.4 is 10.5 Å². The number of nitrogens with two attached hydrogens (primary N) is 1. The molecule has 0 spiro atoms. The van der Waals surface area contributed by atoms with Gasteiger partial charge in [-0.2, -0.15) is 0 Å². The maximum atomic E-state index is 5.83. The average molecular weight is 259 g/mol. The topological polar surface area (TPSA) is 44.5 Å². The Morgan fingerprint density at radius 3 is 2.47 bits per heavy atom. The monoisotopic (exact) mass is 259 g/mol. The summed E-state index contributed by atoms with van der Waals surface area (Å²) in [6.45, 7) is 5.50. The molecule has 0 saturated heterocycles. The lowest BCUT2D eigenvalue weighted by Gasteiger charge is -2.18. The highest BCUT2D eigenvalue weighted by Crippen LogP contribution is 2.20. The van der Waals surface area contributed by atoms with Crippen LogP contribution in [0.4, 0.5) is 0 Å². The summed E-state index contributed by atoms with van der Waals surface area (Å²) in [5.41, 5.74) is 5.54. The number of hydrogen-bond acceptors (Lipinski definition) is 3. The minimum absolute atomic E-state index is 0.289. The molecule has 0 aliphatic carbocycles. The van der Waals surface area contributed by atoms with Gasteiger partial charge in [0.05, 0.1) is 13.2 Å². The molecule has 19 heavy (non-hydrogen) atoms. The third-order valence-corrected chi connectivity index (χ3v) is 2.69. The van der Waals surface area contributed by atoms with E-state index in [9.17, 15) is 0 Å². The third-order valence-electron chi connectivity index (χ3n) is 2.69. The minimum Gasteiger partial charge on any atom is -0.491 e. The van der Waals surface area contributed by atoms with E-state index in [-0.39, 0.29) is 5.54 Å². The van der Waals surface area contributed by atoms with Gasteiger partial charge in [0, 0.05) is 5.54 Å². The van der Waals surface area contributed by atoms with Gasteiger partial charge < -0.3 is 15.2 Å². The molecule has 0 unspecified atom stereocenters. The second-order valence-corrected chi connectivity index (χ2v) is 5.40. The number of fused-ring (bicyclic) bond motifs is 1. The SMILES string of the molecule is CC(C)(N)COCCOc1ccc2ccccc2c1. The van der Waals surface area contributed by atoms with Crippen LogP contribution in [0.2, 0.25) is 0 Å². The third kappa shape index (κ3) is 4.54. The number of benzene rings is 2.